The van der Waals surface area contributed by atoms with E-state index in [1.54, 1.807) is 22.7 Å². The number of anilines is 1. The highest BCUT2D eigenvalue weighted by molar-refractivity contribution is 7.21. The molecule has 104 valence electrons. The summed E-state index contributed by atoms with van der Waals surface area (Å²) in [5.41, 5.74) is 7.68. The lowest BCUT2D eigenvalue weighted by Crippen LogP contribution is -1.91. The molecule has 0 amide bonds. The van der Waals surface area contributed by atoms with Gasteiger partial charge in [-0.1, -0.05) is 12.1 Å². The first-order chi connectivity index (χ1) is 10.2. The number of aryl methyl sites for hydroxylation is 1. The Morgan fingerprint density at radius 1 is 1.14 bits per heavy atom. The van der Waals surface area contributed by atoms with E-state index in [4.69, 9.17) is 10.5 Å². The van der Waals surface area contributed by atoms with Crippen molar-refractivity contribution in [3.05, 3.63) is 46.8 Å². The van der Waals surface area contributed by atoms with Crippen molar-refractivity contribution < 1.29 is 4.74 Å². The molecule has 0 aliphatic carbocycles. The van der Waals surface area contributed by atoms with Crippen LogP contribution in [-0.4, -0.2) is 4.98 Å². The Bertz CT molecular complexity index is 955. The summed E-state index contributed by atoms with van der Waals surface area (Å²) < 4.78 is 8.37. The van der Waals surface area contributed by atoms with Crippen LogP contribution in [0.2, 0.25) is 0 Å². The van der Waals surface area contributed by atoms with Crippen molar-refractivity contribution in [2.45, 2.75) is 6.92 Å². The number of hydrogen-bond donors (Lipinski definition) is 1. The van der Waals surface area contributed by atoms with Crippen molar-refractivity contribution in [3.8, 4) is 11.5 Å². The lowest BCUT2D eigenvalue weighted by Gasteiger charge is -2.09. The number of hydrogen-bond acceptors (Lipinski definition) is 5. The second-order valence-electron chi connectivity index (χ2n) is 4.76. The molecule has 0 aliphatic heterocycles. The zero-order valence-corrected chi connectivity index (χ0v) is 12.9. The Kier molecular flexibility index (Phi) is 2.83. The summed E-state index contributed by atoms with van der Waals surface area (Å²) in [4.78, 5) is 4.63. The minimum atomic E-state index is 0.640. The molecular formula is C16H12N2OS2. The molecule has 2 aromatic carbocycles. The molecular weight excluding hydrogens is 300 g/mol. The third-order valence-corrected chi connectivity index (χ3v) is 5.15. The Hall–Kier alpha value is -2.11. The second-order valence-corrected chi connectivity index (χ2v) is 6.91. The highest BCUT2D eigenvalue weighted by Crippen LogP contribution is 2.41. The largest absolute Gasteiger partial charge is 0.454 e. The predicted octanol–water partition coefficient (Wildman–Crippen LogP) is 5.19. The summed E-state index contributed by atoms with van der Waals surface area (Å²) >= 11 is 3.38. The first-order valence-electron chi connectivity index (χ1n) is 6.52. The second kappa shape index (κ2) is 4.72. The lowest BCUT2D eigenvalue weighted by atomic mass is 10.2. The molecule has 0 saturated carbocycles. The van der Waals surface area contributed by atoms with Gasteiger partial charge in [-0.2, -0.15) is 0 Å². The van der Waals surface area contributed by atoms with Crippen molar-refractivity contribution in [2.24, 2.45) is 0 Å². The van der Waals surface area contributed by atoms with Gasteiger partial charge in [0, 0.05) is 11.5 Å². The van der Waals surface area contributed by atoms with Crippen LogP contribution in [0.1, 0.15) is 5.01 Å². The zero-order chi connectivity index (χ0) is 14.4. The van der Waals surface area contributed by atoms with Gasteiger partial charge in [0.15, 0.2) is 0 Å². The van der Waals surface area contributed by atoms with E-state index in [-0.39, 0.29) is 0 Å². The van der Waals surface area contributed by atoms with Crippen molar-refractivity contribution in [2.75, 3.05) is 5.73 Å². The Morgan fingerprint density at radius 2 is 2.00 bits per heavy atom. The maximum Gasteiger partial charge on any atom is 0.150 e. The first-order valence-corrected chi connectivity index (χ1v) is 8.22. The number of thiophene rings is 1. The molecule has 0 radical (unpaired) electrons. The van der Waals surface area contributed by atoms with Gasteiger partial charge in [-0.3, -0.25) is 0 Å². The van der Waals surface area contributed by atoms with Crippen LogP contribution in [0.3, 0.4) is 0 Å². The van der Waals surface area contributed by atoms with E-state index in [1.807, 2.05) is 31.2 Å². The molecule has 5 heteroatoms. The van der Waals surface area contributed by atoms with Gasteiger partial charge in [0.2, 0.25) is 0 Å². The van der Waals surface area contributed by atoms with Gasteiger partial charge >= 0.3 is 0 Å². The van der Waals surface area contributed by atoms with Gasteiger partial charge in [-0.15, -0.1) is 22.7 Å². The summed E-state index contributed by atoms with van der Waals surface area (Å²) in [5, 5.41) is 4.22. The summed E-state index contributed by atoms with van der Waals surface area (Å²) in [7, 11) is 0. The van der Waals surface area contributed by atoms with Crippen LogP contribution in [-0.2, 0) is 0 Å². The number of thiazole rings is 1. The highest BCUT2D eigenvalue weighted by atomic mass is 32.1. The number of rotatable bonds is 2. The number of para-hydroxylation sites is 2. The number of ether oxygens (including phenoxy) is 1. The highest BCUT2D eigenvalue weighted by Gasteiger charge is 2.13. The average molecular weight is 312 g/mol. The molecule has 4 rings (SSSR count). The van der Waals surface area contributed by atoms with Crippen LogP contribution < -0.4 is 10.5 Å². The van der Waals surface area contributed by atoms with Gasteiger partial charge in [0.1, 0.15) is 11.5 Å². The van der Waals surface area contributed by atoms with Crippen molar-refractivity contribution in [1.29, 1.82) is 0 Å². The number of nitrogens with two attached hydrogens (primary N) is 1. The van der Waals surface area contributed by atoms with Crippen LogP contribution in [0.4, 0.5) is 5.69 Å². The molecule has 2 aromatic heterocycles. The third kappa shape index (κ3) is 2.05. The van der Waals surface area contributed by atoms with Crippen LogP contribution >= 0.6 is 22.7 Å². The molecule has 0 atom stereocenters. The summed E-state index contributed by atoms with van der Waals surface area (Å²) in [6, 6.07) is 11.7. The Balaban J connectivity index is 1.94. The molecule has 0 aliphatic rings. The molecule has 0 bridgehead atoms. The lowest BCUT2D eigenvalue weighted by molar-refractivity contribution is 0.491. The van der Waals surface area contributed by atoms with Crippen LogP contribution in [0.25, 0.3) is 20.3 Å². The van der Waals surface area contributed by atoms with Crippen LogP contribution in [0, 0.1) is 6.92 Å². The molecule has 0 saturated heterocycles. The fraction of sp³-hybridized carbons (Fsp3) is 0.0625. The summed E-state index contributed by atoms with van der Waals surface area (Å²) in [6.45, 7) is 2.03. The summed E-state index contributed by atoms with van der Waals surface area (Å²) in [5.74, 6) is 1.52. The monoisotopic (exact) mass is 312 g/mol. The molecule has 4 aromatic rings. The van der Waals surface area contributed by atoms with E-state index in [0.29, 0.717) is 11.4 Å². The van der Waals surface area contributed by atoms with E-state index < -0.39 is 0 Å². The number of nitrogen functional groups attached to an aromatic ring is 1. The molecule has 0 spiro atoms. The van der Waals surface area contributed by atoms with Crippen LogP contribution in [0.15, 0.2) is 41.8 Å². The quantitative estimate of drug-likeness (QED) is 0.518. The molecule has 21 heavy (non-hydrogen) atoms. The molecule has 2 heterocycles. The standard InChI is InChI=1S/C16H12N2OS2/c1-9-18-15-14(21-9)8-13(10-6-7-20-16(10)15)19-12-5-3-2-4-11(12)17/h2-8H,17H2,1H3. The van der Waals surface area contributed by atoms with Gasteiger partial charge in [-0.05, 0) is 30.5 Å². The van der Waals surface area contributed by atoms with E-state index in [0.717, 1.165) is 26.4 Å². The van der Waals surface area contributed by atoms with E-state index in [1.165, 1.54) is 4.70 Å². The number of aromatic nitrogens is 1. The van der Waals surface area contributed by atoms with Crippen molar-refractivity contribution in [1.82, 2.24) is 4.98 Å². The maximum atomic E-state index is 6.06. The zero-order valence-electron chi connectivity index (χ0n) is 11.3. The number of benzene rings is 2. The third-order valence-electron chi connectivity index (χ3n) is 3.31. The average Bonchev–Trinajstić information content (AvgIpc) is 3.06. The first kappa shape index (κ1) is 12.6. The fourth-order valence-corrected chi connectivity index (χ4v) is 4.20. The maximum absolute atomic E-state index is 6.06. The minimum Gasteiger partial charge on any atom is -0.454 e. The Morgan fingerprint density at radius 3 is 2.86 bits per heavy atom. The van der Waals surface area contributed by atoms with E-state index in [9.17, 15) is 0 Å². The van der Waals surface area contributed by atoms with Gasteiger partial charge in [0.05, 0.1) is 25.6 Å². The topological polar surface area (TPSA) is 48.1 Å². The molecule has 2 N–H and O–H groups in total. The minimum absolute atomic E-state index is 0.640. The van der Waals surface area contributed by atoms with Crippen molar-refractivity contribution in [3.63, 3.8) is 0 Å². The van der Waals surface area contributed by atoms with E-state index in [2.05, 4.69) is 22.5 Å². The van der Waals surface area contributed by atoms with Crippen molar-refractivity contribution >= 4 is 48.7 Å². The number of fused-ring (bicyclic) bond motifs is 3. The molecule has 3 nitrogen and oxygen atoms in total. The Labute approximate surface area is 129 Å². The van der Waals surface area contributed by atoms with Gasteiger partial charge < -0.3 is 10.5 Å². The molecule has 0 fully saturated rings. The van der Waals surface area contributed by atoms with Gasteiger partial charge in [0.25, 0.3) is 0 Å². The smallest absolute Gasteiger partial charge is 0.150 e. The fourth-order valence-electron chi connectivity index (χ4n) is 2.36. The summed E-state index contributed by atoms with van der Waals surface area (Å²) in [6.07, 6.45) is 0. The SMILES string of the molecule is Cc1nc2c(cc(Oc3ccccc3N)c3ccsc32)s1. The van der Waals surface area contributed by atoms with Crippen LogP contribution in [0.5, 0.6) is 11.5 Å². The van der Waals surface area contributed by atoms with Gasteiger partial charge in [-0.25, -0.2) is 4.98 Å². The van der Waals surface area contributed by atoms with E-state index >= 15 is 0 Å². The molecule has 0 unspecified atom stereocenters. The number of nitrogens with zero attached hydrogens (tertiary/aromatic N) is 1. The normalized spacial score (nSPS) is 11.3. The predicted molar refractivity (Wildman–Crippen MR) is 90.7 cm³/mol.